The highest BCUT2D eigenvalue weighted by atomic mass is 16.5. The average molecular weight is 209 g/mol. The van der Waals surface area contributed by atoms with Gasteiger partial charge in [-0.05, 0) is 25.0 Å². The van der Waals surface area contributed by atoms with Crippen molar-refractivity contribution in [1.29, 1.82) is 0 Å². The summed E-state index contributed by atoms with van der Waals surface area (Å²) in [5.74, 6) is 0. The molecule has 0 spiro atoms. The molecule has 0 bridgehead atoms. The molecule has 3 N–H and O–H groups in total. The van der Waals surface area contributed by atoms with Gasteiger partial charge in [0.2, 0.25) is 0 Å². The molecule has 0 heterocycles. The quantitative estimate of drug-likeness (QED) is 0.774. The first-order valence-electron chi connectivity index (χ1n) is 5.22. The minimum Gasteiger partial charge on any atom is -0.387 e. The number of hydrogen-bond donors (Lipinski definition) is 2. The number of nitrogens with two attached hydrogens (primary N) is 1. The maximum absolute atomic E-state index is 9.48. The smallest absolute Gasteiger partial charge is 0.0912 e. The van der Waals surface area contributed by atoms with E-state index in [0.29, 0.717) is 6.61 Å². The van der Waals surface area contributed by atoms with Crippen molar-refractivity contribution in [2.75, 3.05) is 6.54 Å². The van der Waals surface area contributed by atoms with Gasteiger partial charge in [-0.2, -0.15) is 0 Å². The molecule has 0 radical (unpaired) electrons. The molecular weight excluding hydrogens is 190 g/mol. The lowest BCUT2D eigenvalue weighted by atomic mass is 10.1. The van der Waals surface area contributed by atoms with Crippen LogP contribution in [-0.4, -0.2) is 17.8 Å². The molecule has 0 saturated carbocycles. The number of rotatable bonds is 5. The summed E-state index contributed by atoms with van der Waals surface area (Å²) in [6, 6.07) is 7.68. The zero-order valence-electron chi connectivity index (χ0n) is 9.31. The molecule has 1 aromatic carbocycles. The Morgan fingerprint density at radius 3 is 2.33 bits per heavy atom. The lowest BCUT2D eigenvalue weighted by molar-refractivity contribution is 0.0656. The van der Waals surface area contributed by atoms with Crippen LogP contribution in [0.1, 0.15) is 31.1 Å². The molecule has 3 nitrogen and oxygen atoms in total. The Labute approximate surface area is 90.9 Å². The molecule has 0 aliphatic rings. The van der Waals surface area contributed by atoms with Crippen LogP contribution in [-0.2, 0) is 11.3 Å². The van der Waals surface area contributed by atoms with Crippen molar-refractivity contribution in [3.05, 3.63) is 35.4 Å². The highest BCUT2D eigenvalue weighted by Crippen LogP contribution is 2.13. The van der Waals surface area contributed by atoms with Crippen LogP contribution in [0.5, 0.6) is 0 Å². The number of hydrogen-bond acceptors (Lipinski definition) is 3. The predicted octanol–water partition coefficient (Wildman–Crippen LogP) is 1.60. The summed E-state index contributed by atoms with van der Waals surface area (Å²) in [7, 11) is 0. The lowest BCUT2D eigenvalue weighted by Crippen LogP contribution is -2.11. The molecule has 1 aromatic rings. The van der Waals surface area contributed by atoms with Crippen molar-refractivity contribution < 1.29 is 9.84 Å². The van der Waals surface area contributed by atoms with Gasteiger partial charge in [-0.15, -0.1) is 0 Å². The zero-order valence-corrected chi connectivity index (χ0v) is 9.31. The predicted molar refractivity (Wildman–Crippen MR) is 60.4 cm³/mol. The largest absolute Gasteiger partial charge is 0.387 e. The molecule has 1 unspecified atom stereocenters. The van der Waals surface area contributed by atoms with Crippen molar-refractivity contribution in [3.8, 4) is 0 Å². The summed E-state index contributed by atoms with van der Waals surface area (Å²) in [4.78, 5) is 0. The topological polar surface area (TPSA) is 55.5 Å². The first-order chi connectivity index (χ1) is 7.13. The number of benzene rings is 1. The van der Waals surface area contributed by atoms with E-state index in [0.717, 1.165) is 11.1 Å². The summed E-state index contributed by atoms with van der Waals surface area (Å²) < 4.78 is 5.47. The van der Waals surface area contributed by atoms with Gasteiger partial charge in [0.25, 0.3) is 0 Å². The first-order valence-corrected chi connectivity index (χ1v) is 5.22. The maximum atomic E-state index is 9.48. The Balaban J connectivity index is 2.56. The Morgan fingerprint density at radius 1 is 1.27 bits per heavy atom. The van der Waals surface area contributed by atoms with E-state index in [1.807, 2.05) is 38.1 Å². The van der Waals surface area contributed by atoms with Gasteiger partial charge in [0, 0.05) is 6.54 Å². The molecule has 1 atom stereocenters. The molecule has 0 amide bonds. The van der Waals surface area contributed by atoms with Gasteiger partial charge in [-0.1, -0.05) is 24.3 Å². The van der Waals surface area contributed by atoms with Crippen molar-refractivity contribution in [2.45, 2.75) is 32.7 Å². The van der Waals surface area contributed by atoms with Crippen LogP contribution in [0.15, 0.2) is 24.3 Å². The van der Waals surface area contributed by atoms with Gasteiger partial charge in [0.15, 0.2) is 0 Å². The van der Waals surface area contributed by atoms with Crippen LogP contribution in [0.25, 0.3) is 0 Å². The number of aliphatic hydroxyl groups is 1. The van der Waals surface area contributed by atoms with E-state index in [2.05, 4.69) is 0 Å². The second-order valence-electron chi connectivity index (χ2n) is 3.85. The fourth-order valence-corrected chi connectivity index (χ4v) is 1.23. The minimum absolute atomic E-state index is 0.235. The van der Waals surface area contributed by atoms with E-state index < -0.39 is 6.10 Å². The number of aliphatic hydroxyl groups excluding tert-OH is 1. The molecule has 3 heteroatoms. The third kappa shape index (κ3) is 4.00. The normalized spacial score (nSPS) is 13.1. The fraction of sp³-hybridized carbons (Fsp3) is 0.500. The van der Waals surface area contributed by atoms with Gasteiger partial charge in [0.05, 0.1) is 18.8 Å². The maximum Gasteiger partial charge on any atom is 0.0912 e. The van der Waals surface area contributed by atoms with Gasteiger partial charge in [0.1, 0.15) is 0 Å². The molecule has 0 aromatic heterocycles. The van der Waals surface area contributed by atoms with Gasteiger partial charge in [-0.25, -0.2) is 0 Å². The van der Waals surface area contributed by atoms with Crippen molar-refractivity contribution >= 4 is 0 Å². The van der Waals surface area contributed by atoms with Crippen LogP contribution in [0.3, 0.4) is 0 Å². The Kier molecular flexibility index (Phi) is 4.75. The highest BCUT2D eigenvalue weighted by Gasteiger charge is 2.04. The first kappa shape index (κ1) is 12.2. The van der Waals surface area contributed by atoms with E-state index in [9.17, 15) is 5.11 Å². The van der Waals surface area contributed by atoms with E-state index in [-0.39, 0.29) is 12.6 Å². The molecular formula is C12H19NO2. The van der Waals surface area contributed by atoms with E-state index in [1.54, 1.807) is 0 Å². The summed E-state index contributed by atoms with van der Waals surface area (Å²) >= 11 is 0. The summed E-state index contributed by atoms with van der Waals surface area (Å²) in [5.41, 5.74) is 7.33. The zero-order chi connectivity index (χ0) is 11.3. The summed E-state index contributed by atoms with van der Waals surface area (Å²) in [6.07, 6.45) is -0.329. The van der Waals surface area contributed by atoms with E-state index >= 15 is 0 Å². The monoisotopic (exact) mass is 209 g/mol. The summed E-state index contributed by atoms with van der Waals surface area (Å²) in [5, 5.41) is 9.48. The average Bonchev–Trinajstić information content (AvgIpc) is 2.26. The Bertz CT molecular complexity index is 282. The van der Waals surface area contributed by atoms with Gasteiger partial charge >= 0.3 is 0 Å². The Morgan fingerprint density at radius 2 is 1.87 bits per heavy atom. The fourth-order valence-electron chi connectivity index (χ4n) is 1.23. The molecule has 0 aliphatic heterocycles. The molecule has 0 saturated heterocycles. The van der Waals surface area contributed by atoms with Crippen molar-refractivity contribution in [3.63, 3.8) is 0 Å². The van der Waals surface area contributed by atoms with Crippen LogP contribution in [0.2, 0.25) is 0 Å². The third-order valence-corrected chi connectivity index (χ3v) is 2.17. The molecule has 0 aliphatic carbocycles. The minimum atomic E-state index is -0.565. The van der Waals surface area contributed by atoms with Crippen LogP contribution in [0, 0.1) is 0 Å². The second-order valence-corrected chi connectivity index (χ2v) is 3.85. The standard InChI is InChI=1S/C12H19NO2/c1-9(2)15-8-10-3-5-11(6-4-10)12(14)7-13/h3-6,9,12,14H,7-8,13H2,1-2H3. The van der Waals surface area contributed by atoms with Gasteiger partial charge in [-0.3, -0.25) is 0 Å². The molecule has 15 heavy (non-hydrogen) atoms. The van der Waals surface area contributed by atoms with E-state index in [4.69, 9.17) is 10.5 Å². The van der Waals surface area contributed by atoms with Crippen LogP contribution in [0.4, 0.5) is 0 Å². The Hall–Kier alpha value is -0.900. The second kappa shape index (κ2) is 5.85. The lowest BCUT2D eigenvalue weighted by Gasteiger charge is -2.10. The van der Waals surface area contributed by atoms with Crippen molar-refractivity contribution in [2.24, 2.45) is 5.73 Å². The van der Waals surface area contributed by atoms with E-state index in [1.165, 1.54) is 0 Å². The summed E-state index contributed by atoms with van der Waals surface area (Å²) in [6.45, 7) is 4.87. The van der Waals surface area contributed by atoms with Crippen LogP contribution < -0.4 is 5.73 Å². The number of ether oxygens (including phenoxy) is 1. The van der Waals surface area contributed by atoms with Crippen molar-refractivity contribution in [1.82, 2.24) is 0 Å². The molecule has 84 valence electrons. The molecule has 1 rings (SSSR count). The van der Waals surface area contributed by atoms with Crippen LogP contribution >= 0.6 is 0 Å². The molecule has 0 fully saturated rings. The van der Waals surface area contributed by atoms with Gasteiger partial charge < -0.3 is 15.6 Å². The SMILES string of the molecule is CC(C)OCc1ccc(C(O)CN)cc1. The highest BCUT2D eigenvalue weighted by molar-refractivity contribution is 5.23. The third-order valence-electron chi connectivity index (χ3n) is 2.17.